The van der Waals surface area contributed by atoms with E-state index in [4.69, 9.17) is 4.74 Å². The Morgan fingerprint density at radius 1 is 1.56 bits per heavy atom. The van der Waals surface area contributed by atoms with Crippen LogP contribution in [0, 0.1) is 0 Å². The number of allylic oxidation sites excluding steroid dienone is 2. The lowest BCUT2D eigenvalue weighted by atomic mass is 9.91. The van der Waals surface area contributed by atoms with Crippen LogP contribution in [0.3, 0.4) is 0 Å². The lowest BCUT2D eigenvalue weighted by Gasteiger charge is -2.15. The van der Waals surface area contributed by atoms with Crippen LogP contribution < -0.4 is 4.74 Å². The second kappa shape index (κ2) is 4.78. The third-order valence-electron chi connectivity index (χ3n) is 2.61. The average molecular weight is 282 g/mol. The minimum atomic E-state index is -0.0275. The predicted octanol–water partition coefficient (Wildman–Crippen LogP) is 3.15. The monoisotopic (exact) mass is 281 g/mol. The number of ether oxygens (including phenoxy) is 1. The number of hydrogen-bond donors (Lipinski definition) is 0. The fourth-order valence-corrected chi connectivity index (χ4v) is 1.89. The van der Waals surface area contributed by atoms with Gasteiger partial charge in [0, 0.05) is 10.7 Å². The van der Waals surface area contributed by atoms with Crippen LogP contribution in [-0.2, 0) is 0 Å². The Balaban J connectivity index is 2.30. The highest BCUT2D eigenvalue weighted by Gasteiger charge is 2.15. The Morgan fingerprint density at radius 3 is 2.88 bits per heavy atom. The predicted molar refractivity (Wildman–Crippen MR) is 64.8 cm³/mol. The molecule has 1 aromatic heterocycles. The van der Waals surface area contributed by atoms with Crippen molar-refractivity contribution in [2.75, 3.05) is 7.11 Å². The molecule has 3 nitrogen and oxygen atoms in total. The van der Waals surface area contributed by atoms with E-state index in [1.807, 2.05) is 0 Å². The van der Waals surface area contributed by atoms with Gasteiger partial charge in [0.2, 0.25) is 5.88 Å². The summed E-state index contributed by atoms with van der Waals surface area (Å²) >= 11 is 3.30. The summed E-state index contributed by atoms with van der Waals surface area (Å²) in [6, 6.07) is 1.74. The highest BCUT2D eigenvalue weighted by molar-refractivity contribution is 9.10. The quantitative estimate of drug-likeness (QED) is 0.631. The first-order valence-electron chi connectivity index (χ1n) is 5.14. The van der Waals surface area contributed by atoms with Gasteiger partial charge >= 0.3 is 0 Å². The van der Waals surface area contributed by atoms with E-state index in [0.717, 1.165) is 17.3 Å². The van der Waals surface area contributed by atoms with Crippen molar-refractivity contribution >= 4 is 21.7 Å². The molecule has 0 atom stereocenters. The Morgan fingerprint density at radius 2 is 2.31 bits per heavy atom. The van der Waals surface area contributed by atoms with Crippen molar-refractivity contribution in [3.63, 3.8) is 0 Å². The number of carbonyl (C=O) groups is 1. The molecule has 4 heteroatoms. The zero-order valence-electron chi connectivity index (χ0n) is 9.00. The van der Waals surface area contributed by atoms with Crippen LogP contribution in [0.5, 0.6) is 5.88 Å². The van der Waals surface area contributed by atoms with Crippen LogP contribution in [0.2, 0.25) is 0 Å². The number of aromatic nitrogens is 1. The number of rotatable bonds is 3. The Kier molecular flexibility index (Phi) is 3.39. The third kappa shape index (κ3) is 2.32. The highest BCUT2D eigenvalue weighted by atomic mass is 79.9. The number of carbonyl (C=O) groups excluding carboxylic acids is 1. The molecule has 1 aromatic rings. The maximum atomic E-state index is 12.0. The van der Waals surface area contributed by atoms with E-state index in [-0.39, 0.29) is 5.78 Å². The Bertz CT molecular complexity index is 448. The van der Waals surface area contributed by atoms with E-state index in [9.17, 15) is 4.79 Å². The van der Waals surface area contributed by atoms with E-state index in [0.29, 0.717) is 11.4 Å². The molecule has 0 bridgehead atoms. The molecule has 16 heavy (non-hydrogen) atoms. The molecule has 0 N–H and O–H groups in total. The van der Waals surface area contributed by atoms with Crippen LogP contribution in [-0.4, -0.2) is 17.9 Å². The number of nitrogens with zero attached hydrogens (tertiary/aromatic N) is 1. The number of pyridine rings is 1. The van der Waals surface area contributed by atoms with Gasteiger partial charge in [-0.05, 0) is 47.3 Å². The molecule has 84 valence electrons. The first-order valence-corrected chi connectivity index (χ1v) is 5.93. The smallest absolute Gasteiger partial charge is 0.224 e. The standard InChI is InChI=1S/C12H12BrNO2/c1-16-12-10(6-9(13)7-14-12)11(15)5-8-3-2-4-8/h5-7H,2-4H2,1H3. The van der Waals surface area contributed by atoms with Crippen LogP contribution >= 0.6 is 15.9 Å². The van der Waals surface area contributed by atoms with Crippen molar-refractivity contribution in [2.45, 2.75) is 19.3 Å². The molecule has 0 spiro atoms. The van der Waals surface area contributed by atoms with Crippen molar-refractivity contribution in [1.82, 2.24) is 4.98 Å². The maximum absolute atomic E-state index is 12.0. The largest absolute Gasteiger partial charge is 0.480 e. The fraction of sp³-hybridized carbons (Fsp3) is 0.333. The number of ketones is 1. The first-order chi connectivity index (χ1) is 7.70. The van der Waals surface area contributed by atoms with Gasteiger partial charge in [-0.15, -0.1) is 0 Å². The summed E-state index contributed by atoms with van der Waals surface area (Å²) < 4.78 is 5.85. The van der Waals surface area contributed by atoms with Gasteiger partial charge in [0.05, 0.1) is 12.7 Å². The topological polar surface area (TPSA) is 39.2 Å². The molecule has 0 aromatic carbocycles. The molecule has 1 saturated carbocycles. The van der Waals surface area contributed by atoms with Crippen molar-refractivity contribution in [3.8, 4) is 5.88 Å². The summed E-state index contributed by atoms with van der Waals surface area (Å²) in [4.78, 5) is 16.0. The van der Waals surface area contributed by atoms with E-state index in [1.54, 1.807) is 18.3 Å². The second-order valence-electron chi connectivity index (χ2n) is 3.73. The van der Waals surface area contributed by atoms with Gasteiger partial charge in [-0.3, -0.25) is 4.79 Å². The zero-order valence-corrected chi connectivity index (χ0v) is 10.6. The van der Waals surface area contributed by atoms with Gasteiger partial charge in [-0.1, -0.05) is 5.57 Å². The SMILES string of the molecule is COc1ncc(Br)cc1C(=O)C=C1CCC1. The highest BCUT2D eigenvalue weighted by Crippen LogP contribution is 2.27. The molecular weight excluding hydrogens is 270 g/mol. The molecule has 1 aliphatic rings. The van der Waals surface area contributed by atoms with Crippen molar-refractivity contribution < 1.29 is 9.53 Å². The van der Waals surface area contributed by atoms with Gasteiger partial charge in [-0.2, -0.15) is 0 Å². The third-order valence-corrected chi connectivity index (χ3v) is 3.04. The number of methoxy groups -OCH3 is 1. The van der Waals surface area contributed by atoms with Gasteiger partial charge in [0.25, 0.3) is 0 Å². The summed E-state index contributed by atoms with van der Waals surface area (Å²) in [6.45, 7) is 0. The Hall–Kier alpha value is -1.16. The van der Waals surface area contributed by atoms with Crippen LogP contribution in [0.4, 0.5) is 0 Å². The molecule has 1 fully saturated rings. The molecule has 0 amide bonds. The van der Waals surface area contributed by atoms with E-state index >= 15 is 0 Å². The summed E-state index contributed by atoms with van der Waals surface area (Å²) in [6.07, 6.45) is 6.58. The molecule has 0 aliphatic heterocycles. The molecular formula is C12H12BrNO2. The normalized spacial score (nSPS) is 14.2. The molecule has 0 saturated heterocycles. The average Bonchev–Trinajstić information content (AvgIpc) is 2.23. The Labute approximate surface area is 103 Å². The summed E-state index contributed by atoms with van der Waals surface area (Å²) in [7, 11) is 1.52. The first kappa shape index (κ1) is 11.3. The van der Waals surface area contributed by atoms with Crippen molar-refractivity contribution in [1.29, 1.82) is 0 Å². The number of hydrogen-bond acceptors (Lipinski definition) is 3. The van der Waals surface area contributed by atoms with Crippen LogP contribution in [0.15, 0.2) is 28.4 Å². The van der Waals surface area contributed by atoms with Crippen LogP contribution in [0.1, 0.15) is 29.6 Å². The lowest BCUT2D eigenvalue weighted by Crippen LogP contribution is -2.05. The van der Waals surface area contributed by atoms with Crippen molar-refractivity contribution in [2.24, 2.45) is 0 Å². The van der Waals surface area contributed by atoms with Gasteiger partial charge in [-0.25, -0.2) is 4.98 Å². The van der Waals surface area contributed by atoms with Gasteiger partial charge in [0.1, 0.15) is 0 Å². The minimum absolute atomic E-state index is 0.0275. The second-order valence-corrected chi connectivity index (χ2v) is 4.65. The maximum Gasteiger partial charge on any atom is 0.224 e. The zero-order chi connectivity index (χ0) is 11.5. The van der Waals surface area contributed by atoms with Gasteiger partial charge in [0.15, 0.2) is 5.78 Å². The van der Waals surface area contributed by atoms with E-state index in [1.165, 1.54) is 19.1 Å². The van der Waals surface area contributed by atoms with E-state index < -0.39 is 0 Å². The molecule has 2 rings (SSSR count). The van der Waals surface area contributed by atoms with Crippen LogP contribution in [0.25, 0.3) is 0 Å². The number of halogens is 1. The molecule has 0 radical (unpaired) electrons. The van der Waals surface area contributed by atoms with Gasteiger partial charge < -0.3 is 4.74 Å². The van der Waals surface area contributed by atoms with Crippen molar-refractivity contribution in [3.05, 3.63) is 33.9 Å². The molecule has 1 aliphatic carbocycles. The minimum Gasteiger partial charge on any atom is -0.480 e. The molecule has 0 unspecified atom stereocenters. The summed E-state index contributed by atoms with van der Waals surface area (Å²) in [5, 5.41) is 0. The lowest BCUT2D eigenvalue weighted by molar-refractivity contribution is 0.104. The summed E-state index contributed by atoms with van der Waals surface area (Å²) in [5.74, 6) is 0.352. The summed E-state index contributed by atoms with van der Waals surface area (Å²) in [5.41, 5.74) is 1.73. The fourth-order valence-electron chi connectivity index (χ4n) is 1.55. The molecule has 1 heterocycles. The van der Waals surface area contributed by atoms with E-state index in [2.05, 4.69) is 20.9 Å².